The lowest BCUT2D eigenvalue weighted by Crippen LogP contribution is -2.37. The second-order valence-electron chi connectivity index (χ2n) is 5.15. The molecule has 3 N–H and O–H groups in total. The summed E-state index contributed by atoms with van der Waals surface area (Å²) in [4.78, 5) is 22.6. The molecule has 1 aromatic rings. The van der Waals surface area contributed by atoms with Crippen LogP contribution in [0.4, 0.5) is 5.69 Å². The fourth-order valence-corrected chi connectivity index (χ4v) is 2.05. The molecule has 17 heavy (non-hydrogen) atoms. The molecule has 0 saturated heterocycles. The van der Waals surface area contributed by atoms with Crippen molar-refractivity contribution in [3.8, 4) is 0 Å². The summed E-state index contributed by atoms with van der Waals surface area (Å²) in [6, 6.07) is 5.67. The Kier molecular flexibility index (Phi) is 2.65. The van der Waals surface area contributed by atoms with Gasteiger partial charge in [-0.05, 0) is 23.6 Å². The molecule has 90 valence electrons. The number of primary amides is 1. The van der Waals surface area contributed by atoms with Gasteiger partial charge in [0.15, 0.2) is 0 Å². The van der Waals surface area contributed by atoms with E-state index in [-0.39, 0.29) is 23.7 Å². The first-order valence-corrected chi connectivity index (χ1v) is 5.60. The first-order valence-electron chi connectivity index (χ1n) is 5.60. The number of carbonyl (C=O) groups excluding carboxylic acids is 2. The highest BCUT2D eigenvalue weighted by atomic mass is 16.2. The lowest BCUT2D eigenvalue weighted by atomic mass is 9.81. The average molecular weight is 232 g/mol. The smallest absolute Gasteiger partial charge is 0.230 e. The molecule has 2 amide bonds. The number of rotatable bonds is 2. The number of hydrogen-bond donors (Lipinski definition) is 2. The fraction of sp³-hybridized carbons (Fsp3) is 0.385. The lowest BCUT2D eigenvalue weighted by molar-refractivity contribution is -0.124. The van der Waals surface area contributed by atoms with Gasteiger partial charge in [0, 0.05) is 11.1 Å². The van der Waals surface area contributed by atoms with Crippen LogP contribution in [0.15, 0.2) is 18.2 Å². The number of nitrogens with one attached hydrogen (secondary N) is 1. The van der Waals surface area contributed by atoms with Gasteiger partial charge < -0.3 is 11.1 Å². The molecular formula is C13H16N2O2. The van der Waals surface area contributed by atoms with Gasteiger partial charge in [0.2, 0.25) is 11.8 Å². The van der Waals surface area contributed by atoms with Gasteiger partial charge in [-0.15, -0.1) is 0 Å². The van der Waals surface area contributed by atoms with Crippen LogP contribution in [-0.2, 0) is 22.4 Å². The van der Waals surface area contributed by atoms with Gasteiger partial charge in [-0.1, -0.05) is 26.0 Å². The summed E-state index contributed by atoms with van der Waals surface area (Å²) in [6.07, 6.45) is 0.914. The van der Waals surface area contributed by atoms with Crippen molar-refractivity contribution in [3.05, 3.63) is 29.3 Å². The van der Waals surface area contributed by atoms with E-state index in [2.05, 4.69) is 5.32 Å². The second kappa shape index (κ2) is 3.87. The maximum Gasteiger partial charge on any atom is 0.230 e. The van der Waals surface area contributed by atoms with Crippen LogP contribution in [0.25, 0.3) is 0 Å². The SMILES string of the molecule is CC1(C)Cc2ccc(CC(N)=O)cc2NC1=O. The quantitative estimate of drug-likeness (QED) is 0.805. The zero-order chi connectivity index (χ0) is 12.6. The van der Waals surface area contributed by atoms with Gasteiger partial charge in [0.05, 0.1) is 6.42 Å². The van der Waals surface area contributed by atoms with E-state index in [1.807, 2.05) is 32.0 Å². The molecule has 0 fully saturated rings. The summed E-state index contributed by atoms with van der Waals surface area (Å²) in [6.45, 7) is 3.84. The van der Waals surface area contributed by atoms with Crippen molar-refractivity contribution in [2.75, 3.05) is 5.32 Å². The van der Waals surface area contributed by atoms with Crippen molar-refractivity contribution in [1.82, 2.24) is 0 Å². The molecule has 2 rings (SSSR count). The van der Waals surface area contributed by atoms with Crippen LogP contribution in [0.1, 0.15) is 25.0 Å². The van der Waals surface area contributed by atoms with Crippen LogP contribution in [0.2, 0.25) is 0 Å². The Morgan fingerprint density at radius 1 is 1.47 bits per heavy atom. The summed E-state index contributed by atoms with van der Waals surface area (Å²) in [5.74, 6) is -0.353. The highest BCUT2D eigenvalue weighted by Crippen LogP contribution is 2.33. The number of fused-ring (bicyclic) bond motifs is 1. The monoisotopic (exact) mass is 232 g/mol. The van der Waals surface area contributed by atoms with Gasteiger partial charge in [-0.25, -0.2) is 0 Å². The third-order valence-corrected chi connectivity index (χ3v) is 3.05. The maximum atomic E-state index is 11.8. The first kappa shape index (κ1) is 11.6. The van der Waals surface area contributed by atoms with Crippen molar-refractivity contribution >= 4 is 17.5 Å². The number of benzene rings is 1. The predicted octanol–water partition coefficient (Wildman–Crippen LogP) is 1.24. The number of hydrogen-bond acceptors (Lipinski definition) is 2. The Balaban J connectivity index is 2.32. The summed E-state index contributed by atoms with van der Waals surface area (Å²) in [5.41, 5.74) is 7.50. The topological polar surface area (TPSA) is 72.2 Å². The molecule has 0 saturated carbocycles. The third kappa shape index (κ3) is 2.30. The Labute approximate surface area is 100 Å². The molecule has 1 aromatic carbocycles. The summed E-state index contributed by atoms with van der Waals surface area (Å²) < 4.78 is 0. The Hall–Kier alpha value is -1.84. The van der Waals surface area contributed by atoms with Gasteiger partial charge >= 0.3 is 0 Å². The summed E-state index contributed by atoms with van der Waals surface area (Å²) in [5, 5.41) is 2.87. The molecule has 1 aliphatic rings. The summed E-state index contributed by atoms with van der Waals surface area (Å²) >= 11 is 0. The van der Waals surface area contributed by atoms with Crippen molar-refractivity contribution in [1.29, 1.82) is 0 Å². The molecule has 0 unspecified atom stereocenters. The minimum atomic E-state index is -0.377. The predicted molar refractivity (Wildman–Crippen MR) is 65.5 cm³/mol. The molecule has 0 atom stereocenters. The Morgan fingerprint density at radius 2 is 2.18 bits per heavy atom. The van der Waals surface area contributed by atoms with E-state index >= 15 is 0 Å². The zero-order valence-corrected chi connectivity index (χ0v) is 10.0. The molecule has 0 spiro atoms. The van der Waals surface area contributed by atoms with Crippen LogP contribution < -0.4 is 11.1 Å². The largest absolute Gasteiger partial charge is 0.369 e. The van der Waals surface area contributed by atoms with Crippen LogP contribution in [0, 0.1) is 5.41 Å². The average Bonchev–Trinajstić information content (AvgIpc) is 2.19. The van der Waals surface area contributed by atoms with Crippen molar-refractivity contribution in [2.45, 2.75) is 26.7 Å². The molecule has 0 bridgehead atoms. The van der Waals surface area contributed by atoms with Crippen molar-refractivity contribution in [3.63, 3.8) is 0 Å². The molecule has 1 heterocycles. The number of nitrogens with two attached hydrogens (primary N) is 1. The molecule has 1 aliphatic heterocycles. The molecule has 0 radical (unpaired) electrons. The first-order chi connectivity index (χ1) is 7.88. The molecule has 4 heteroatoms. The Morgan fingerprint density at radius 3 is 2.82 bits per heavy atom. The minimum absolute atomic E-state index is 0.0150. The van der Waals surface area contributed by atoms with Crippen molar-refractivity contribution < 1.29 is 9.59 Å². The highest BCUT2D eigenvalue weighted by Gasteiger charge is 2.33. The van der Waals surface area contributed by atoms with Crippen LogP contribution in [-0.4, -0.2) is 11.8 Å². The number of carbonyl (C=O) groups is 2. The van der Waals surface area contributed by atoms with E-state index in [9.17, 15) is 9.59 Å². The summed E-state index contributed by atoms with van der Waals surface area (Å²) in [7, 11) is 0. The molecule has 0 aliphatic carbocycles. The van der Waals surface area contributed by atoms with E-state index in [0.29, 0.717) is 6.42 Å². The van der Waals surface area contributed by atoms with Crippen LogP contribution in [0.5, 0.6) is 0 Å². The van der Waals surface area contributed by atoms with E-state index in [1.54, 1.807) is 0 Å². The van der Waals surface area contributed by atoms with Gasteiger partial charge in [-0.2, -0.15) is 0 Å². The van der Waals surface area contributed by atoms with Crippen LogP contribution in [0.3, 0.4) is 0 Å². The minimum Gasteiger partial charge on any atom is -0.369 e. The lowest BCUT2D eigenvalue weighted by Gasteiger charge is -2.30. The van der Waals surface area contributed by atoms with E-state index in [0.717, 1.165) is 16.8 Å². The van der Waals surface area contributed by atoms with Crippen molar-refractivity contribution in [2.24, 2.45) is 11.1 Å². The number of amides is 2. The van der Waals surface area contributed by atoms with E-state index < -0.39 is 0 Å². The highest BCUT2D eigenvalue weighted by molar-refractivity contribution is 5.98. The maximum absolute atomic E-state index is 11.8. The van der Waals surface area contributed by atoms with Gasteiger partial charge in [0.1, 0.15) is 0 Å². The van der Waals surface area contributed by atoms with E-state index in [4.69, 9.17) is 5.73 Å². The van der Waals surface area contributed by atoms with Crippen LogP contribution >= 0.6 is 0 Å². The van der Waals surface area contributed by atoms with Gasteiger partial charge in [0.25, 0.3) is 0 Å². The second-order valence-corrected chi connectivity index (χ2v) is 5.15. The third-order valence-electron chi connectivity index (χ3n) is 3.05. The van der Waals surface area contributed by atoms with Gasteiger partial charge in [-0.3, -0.25) is 9.59 Å². The zero-order valence-electron chi connectivity index (χ0n) is 10.0. The normalized spacial score (nSPS) is 17.2. The standard InChI is InChI=1S/C13H16N2O2/c1-13(2)7-9-4-3-8(6-11(14)16)5-10(9)15-12(13)17/h3-5H,6-7H2,1-2H3,(H2,14,16)(H,15,17). The molecule has 4 nitrogen and oxygen atoms in total. The Bertz CT molecular complexity index is 492. The fourth-order valence-electron chi connectivity index (χ4n) is 2.05. The van der Waals surface area contributed by atoms with E-state index in [1.165, 1.54) is 0 Å². The number of anilines is 1. The molecular weight excluding hydrogens is 216 g/mol. The molecule has 0 aromatic heterocycles.